The molecule has 7 aromatic carbocycles. The van der Waals surface area contributed by atoms with E-state index in [1.807, 2.05) is 22.7 Å². The minimum absolute atomic E-state index is 0.0808. The molecule has 0 atom stereocenters. The van der Waals surface area contributed by atoms with E-state index in [2.05, 4.69) is 233 Å². The van der Waals surface area contributed by atoms with Crippen molar-refractivity contribution in [1.29, 1.82) is 0 Å². The highest BCUT2D eigenvalue weighted by molar-refractivity contribution is 7.22. The lowest BCUT2D eigenvalue weighted by Crippen LogP contribution is -2.61. The fourth-order valence-corrected chi connectivity index (χ4v) is 14.1. The first-order valence-corrected chi connectivity index (χ1v) is 27.5. The predicted octanol–water partition coefficient (Wildman–Crippen LogP) is 18.2. The quantitative estimate of drug-likeness (QED) is 0.165. The fraction of sp³-hybridized carbons (Fsp3) is 0.242. The summed E-state index contributed by atoms with van der Waals surface area (Å²) in [6.45, 7) is 29.8. The molecule has 0 amide bonds. The number of benzene rings is 7. The molecule has 7 heteroatoms. The lowest BCUT2D eigenvalue weighted by atomic mass is 9.33. The van der Waals surface area contributed by atoms with Crippen molar-refractivity contribution in [2.45, 2.75) is 106 Å². The molecule has 4 nitrogen and oxygen atoms in total. The van der Waals surface area contributed by atoms with Gasteiger partial charge in [-0.15, -0.1) is 22.7 Å². The SMILES string of the molecule is Cc1cc(-c2cc3ccccc3s2)cc(C)c1N1c2cc(C(C)(C)C)cc3c2B(c2c1oc1ccc(C(C)(C)C)cc21)c1c(oc2ccc(C(C)(C)C)cc12)N3c1c(C)cc(-c2cc3ccccc3s2)cc1C. The van der Waals surface area contributed by atoms with Crippen molar-refractivity contribution in [2.75, 3.05) is 9.80 Å². The maximum Gasteiger partial charge on any atom is 0.262 e. The number of furan rings is 2. The van der Waals surface area contributed by atoms with Crippen LogP contribution < -0.4 is 26.2 Å². The van der Waals surface area contributed by atoms with Crippen LogP contribution in [0.5, 0.6) is 0 Å². The highest BCUT2D eigenvalue weighted by Crippen LogP contribution is 2.52. The number of rotatable bonds is 4. The van der Waals surface area contributed by atoms with E-state index in [4.69, 9.17) is 8.83 Å². The second-order valence-corrected chi connectivity index (χ2v) is 26.2. The van der Waals surface area contributed by atoms with Crippen LogP contribution in [-0.2, 0) is 16.2 Å². The molecule has 2 aliphatic heterocycles. The molecule has 2 aliphatic rings. The number of aryl methyl sites for hydroxylation is 4. The van der Waals surface area contributed by atoms with Gasteiger partial charge in [-0.05, 0) is 195 Å². The molecule has 0 N–H and O–H groups in total. The second kappa shape index (κ2) is 15.9. The smallest absolute Gasteiger partial charge is 0.262 e. The zero-order valence-electron chi connectivity index (χ0n) is 44.3. The van der Waals surface area contributed by atoms with E-state index >= 15 is 0 Å². The minimum atomic E-state index is -0.207. The molecule has 0 bridgehead atoms. The Morgan fingerprint density at radius 1 is 0.411 bits per heavy atom. The molecule has 73 heavy (non-hydrogen) atoms. The van der Waals surface area contributed by atoms with Crippen molar-refractivity contribution in [3.63, 3.8) is 0 Å². The van der Waals surface area contributed by atoms with Gasteiger partial charge in [0.1, 0.15) is 11.2 Å². The van der Waals surface area contributed by atoms with Crippen molar-refractivity contribution in [2.24, 2.45) is 0 Å². The van der Waals surface area contributed by atoms with E-state index in [0.29, 0.717) is 0 Å². The first kappa shape index (κ1) is 46.0. The Hall–Kier alpha value is -6.80. The van der Waals surface area contributed by atoms with E-state index in [-0.39, 0.29) is 23.0 Å². The van der Waals surface area contributed by atoms with Crippen LogP contribution in [0.4, 0.5) is 34.5 Å². The highest BCUT2D eigenvalue weighted by atomic mass is 32.1. The lowest BCUT2D eigenvalue weighted by molar-refractivity contribution is 0.587. The van der Waals surface area contributed by atoms with E-state index in [9.17, 15) is 0 Å². The number of thiophene rings is 2. The Balaban J connectivity index is 1.14. The van der Waals surface area contributed by atoms with Gasteiger partial charge in [-0.25, -0.2) is 0 Å². The van der Waals surface area contributed by atoms with Gasteiger partial charge in [0, 0.05) is 52.2 Å². The van der Waals surface area contributed by atoms with Gasteiger partial charge in [0.05, 0.1) is 11.4 Å². The summed E-state index contributed by atoms with van der Waals surface area (Å²) in [5, 5.41) is 4.85. The largest absolute Gasteiger partial charge is 0.440 e. The van der Waals surface area contributed by atoms with Gasteiger partial charge in [-0.2, -0.15) is 0 Å². The van der Waals surface area contributed by atoms with Crippen LogP contribution in [0.15, 0.2) is 142 Å². The summed E-state index contributed by atoms with van der Waals surface area (Å²) in [6, 6.07) is 50.5. The topological polar surface area (TPSA) is 32.8 Å². The number of hydrogen-bond donors (Lipinski definition) is 0. The predicted molar refractivity (Wildman–Crippen MR) is 317 cm³/mol. The van der Waals surface area contributed by atoms with Gasteiger partial charge in [-0.3, -0.25) is 9.80 Å². The van der Waals surface area contributed by atoms with Crippen LogP contribution >= 0.6 is 22.7 Å². The molecule has 0 spiro atoms. The van der Waals surface area contributed by atoms with Crippen LogP contribution in [0.2, 0.25) is 0 Å². The normalized spacial score (nSPS) is 13.7. The maximum absolute atomic E-state index is 7.46. The average molecular weight is 989 g/mol. The van der Waals surface area contributed by atoms with Gasteiger partial charge in [-0.1, -0.05) is 111 Å². The summed E-state index contributed by atoms with van der Waals surface area (Å²) in [4.78, 5) is 7.56. The number of anilines is 6. The standard InChI is InChI=1S/C66H61BN2O2S2/c1-36-26-42(55-30-40-18-14-16-20-53(40)72-55)27-37(2)60(36)68-49-34-46(66(11,12)13)35-50-59(49)67(57-47-32-44(64(5,6)7)22-24-51(47)70-62(57)68)58-48-33-45(65(8,9)10)23-25-52(48)71-63(58)69(50)61-38(3)28-43(29-39(61)4)56-31-41-19-15-17-21-54(41)73-56/h14-35H,1-13H3. The van der Waals surface area contributed by atoms with Crippen LogP contribution in [0.1, 0.15) is 101 Å². The number of nitrogens with zero attached hydrogens (tertiary/aromatic N) is 2. The van der Waals surface area contributed by atoms with Crippen molar-refractivity contribution >= 4 is 122 Å². The zero-order valence-corrected chi connectivity index (χ0v) is 45.9. The molecule has 362 valence electrons. The van der Waals surface area contributed by atoms with Crippen molar-refractivity contribution < 1.29 is 8.83 Å². The third kappa shape index (κ3) is 7.12. The van der Waals surface area contributed by atoms with Gasteiger partial charge in [0.25, 0.3) is 6.71 Å². The summed E-state index contributed by atoms with van der Waals surface area (Å²) >= 11 is 3.72. The summed E-state index contributed by atoms with van der Waals surface area (Å²) < 4.78 is 17.5. The zero-order chi connectivity index (χ0) is 50.8. The summed E-state index contributed by atoms with van der Waals surface area (Å²) in [7, 11) is 0. The van der Waals surface area contributed by atoms with Crippen molar-refractivity contribution in [3.05, 3.63) is 172 Å². The summed E-state index contributed by atoms with van der Waals surface area (Å²) in [5.74, 6) is 1.74. The third-order valence-corrected chi connectivity index (χ3v) is 18.1. The summed E-state index contributed by atoms with van der Waals surface area (Å²) in [5.41, 5.74) is 20.7. The molecule has 0 saturated heterocycles. The van der Waals surface area contributed by atoms with E-state index < -0.39 is 0 Å². The Morgan fingerprint density at radius 3 is 1.16 bits per heavy atom. The Kier molecular flexibility index (Phi) is 10.00. The second-order valence-electron chi connectivity index (χ2n) is 24.1. The first-order valence-electron chi connectivity index (χ1n) is 25.8. The number of hydrogen-bond acceptors (Lipinski definition) is 6. The van der Waals surface area contributed by atoms with Crippen LogP contribution in [-0.4, -0.2) is 6.71 Å². The number of fused-ring (bicyclic) bond motifs is 10. The lowest BCUT2D eigenvalue weighted by Gasteiger charge is -2.43. The molecule has 0 fully saturated rings. The molecule has 0 aliphatic carbocycles. The van der Waals surface area contributed by atoms with Gasteiger partial charge in [0.2, 0.25) is 11.8 Å². The van der Waals surface area contributed by atoms with Crippen LogP contribution in [0, 0.1) is 27.7 Å². The first-order chi connectivity index (χ1) is 34.7. The van der Waals surface area contributed by atoms with E-state index in [1.165, 1.54) is 96.4 Å². The maximum atomic E-state index is 7.46. The highest BCUT2D eigenvalue weighted by Gasteiger charge is 2.50. The van der Waals surface area contributed by atoms with Gasteiger partial charge < -0.3 is 8.83 Å². The van der Waals surface area contributed by atoms with E-state index in [0.717, 1.165) is 56.5 Å². The third-order valence-electron chi connectivity index (χ3n) is 15.8. The molecule has 0 radical (unpaired) electrons. The minimum Gasteiger partial charge on any atom is -0.440 e. The molecule has 0 saturated carbocycles. The molecular weight excluding hydrogens is 928 g/mol. The Morgan fingerprint density at radius 2 is 0.795 bits per heavy atom. The molecule has 11 aromatic rings. The van der Waals surface area contributed by atoms with Crippen LogP contribution in [0.25, 0.3) is 63.0 Å². The van der Waals surface area contributed by atoms with Crippen molar-refractivity contribution in [3.8, 4) is 20.9 Å². The van der Waals surface area contributed by atoms with E-state index in [1.54, 1.807) is 0 Å². The van der Waals surface area contributed by atoms with Crippen molar-refractivity contribution in [1.82, 2.24) is 0 Å². The molecule has 6 heterocycles. The van der Waals surface area contributed by atoms with Gasteiger partial charge in [0.15, 0.2) is 0 Å². The molecule has 4 aromatic heterocycles. The van der Waals surface area contributed by atoms with Crippen LogP contribution in [0.3, 0.4) is 0 Å². The Labute approximate surface area is 438 Å². The molecule has 0 unspecified atom stereocenters. The molecular formula is C66H61BN2O2S2. The fourth-order valence-electron chi connectivity index (χ4n) is 12.0. The summed E-state index contributed by atoms with van der Waals surface area (Å²) in [6.07, 6.45) is 0. The molecule has 13 rings (SSSR count). The van der Waals surface area contributed by atoms with Gasteiger partial charge >= 0.3 is 0 Å². The Bertz CT molecular complexity index is 3750. The monoisotopic (exact) mass is 988 g/mol. The average Bonchev–Trinajstić information content (AvgIpc) is 4.14.